The van der Waals surface area contributed by atoms with Crippen molar-refractivity contribution in [2.24, 2.45) is 0 Å². The Bertz CT molecular complexity index is 875. The maximum atomic E-state index is 13.5. The molecule has 1 aliphatic heterocycles. The summed E-state index contributed by atoms with van der Waals surface area (Å²) < 4.78 is 11.4. The number of carbonyl (C=O) groups is 1. The molecule has 0 aliphatic carbocycles. The maximum absolute atomic E-state index is 13.5. The number of hydrogen-bond donors (Lipinski definition) is 1. The van der Waals surface area contributed by atoms with Gasteiger partial charge in [0, 0.05) is 31.1 Å². The minimum Gasteiger partial charge on any atom is -0.491 e. The zero-order valence-electron chi connectivity index (χ0n) is 19.8. The number of amides is 1. The molecule has 2 aromatic rings. The monoisotopic (exact) mass is 460 g/mol. The second-order valence-corrected chi connectivity index (χ2v) is 10.1. The lowest BCUT2D eigenvalue weighted by molar-refractivity contribution is -0.138. The summed E-state index contributed by atoms with van der Waals surface area (Å²) in [6.07, 6.45) is 0.860. The molecule has 0 saturated heterocycles. The second kappa shape index (κ2) is 10.8. The molecule has 6 nitrogen and oxygen atoms in total. The highest BCUT2D eigenvalue weighted by Crippen LogP contribution is 2.34. The van der Waals surface area contributed by atoms with Crippen molar-refractivity contribution in [3.05, 3.63) is 51.7 Å². The molecule has 2 unspecified atom stereocenters. The number of aliphatic hydroxyl groups is 1. The van der Waals surface area contributed by atoms with Crippen LogP contribution in [-0.2, 0) is 16.0 Å². The van der Waals surface area contributed by atoms with Crippen LogP contribution >= 0.6 is 11.3 Å². The molecule has 0 radical (unpaired) electrons. The molecular weight excluding hydrogens is 424 g/mol. The van der Waals surface area contributed by atoms with E-state index in [1.54, 1.807) is 32.3 Å². The van der Waals surface area contributed by atoms with Crippen LogP contribution in [0.3, 0.4) is 0 Å². The van der Waals surface area contributed by atoms with Crippen LogP contribution in [-0.4, -0.2) is 72.4 Å². The van der Waals surface area contributed by atoms with Gasteiger partial charge in [-0.15, -0.1) is 11.3 Å². The van der Waals surface area contributed by atoms with E-state index in [2.05, 4.69) is 11.4 Å². The van der Waals surface area contributed by atoms with E-state index in [0.717, 1.165) is 12.2 Å². The minimum atomic E-state index is -0.926. The summed E-state index contributed by atoms with van der Waals surface area (Å²) in [7, 11) is 1.65. The Morgan fingerprint density at radius 2 is 2.03 bits per heavy atom. The highest BCUT2D eigenvalue weighted by molar-refractivity contribution is 7.10. The number of hydrogen-bond acceptors (Lipinski definition) is 6. The smallest absolute Gasteiger partial charge is 0.237 e. The molecule has 0 spiro atoms. The topological polar surface area (TPSA) is 62.2 Å². The molecule has 2 heterocycles. The van der Waals surface area contributed by atoms with Crippen LogP contribution in [0.5, 0.6) is 5.75 Å². The van der Waals surface area contributed by atoms with Crippen LogP contribution in [0.2, 0.25) is 0 Å². The van der Waals surface area contributed by atoms with Gasteiger partial charge in [-0.05, 0) is 63.3 Å². The molecule has 7 heteroatoms. The Kier molecular flexibility index (Phi) is 8.33. The molecule has 1 amide bonds. The van der Waals surface area contributed by atoms with E-state index >= 15 is 0 Å². The quantitative estimate of drug-likeness (QED) is 0.586. The van der Waals surface area contributed by atoms with Gasteiger partial charge < -0.3 is 19.5 Å². The SMILES string of the molecule is COCCN(CC(=O)N1CCc2sccc2C1COc1ccc(C)cc1)C(C)C(C)(C)O. The van der Waals surface area contributed by atoms with Crippen molar-refractivity contribution in [2.75, 3.05) is 40.0 Å². The van der Waals surface area contributed by atoms with Gasteiger partial charge in [-0.3, -0.25) is 9.69 Å². The van der Waals surface area contributed by atoms with Crippen molar-refractivity contribution < 1.29 is 19.4 Å². The van der Waals surface area contributed by atoms with Crippen LogP contribution in [0.4, 0.5) is 0 Å². The van der Waals surface area contributed by atoms with Crippen LogP contribution < -0.4 is 4.74 Å². The van der Waals surface area contributed by atoms with Gasteiger partial charge in [0.15, 0.2) is 0 Å². The van der Waals surface area contributed by atoms with Gasteiger partial charge in [-0.1, -0.05) is 17.7 Å². The van der Waals surface area contributed by atoms with Crippen molar-refractivity contribution >= 4 is 17.2 Å². The number of aryl methyl sites for hydroxylation is 1. The van der Waals surface area contributed by atoms with E-state index in [9.17, 15) is 9.90 Å². The number of thiophene rings is 1. The Morgan fingerprint density at radius 1 is 1.31 bits per heavy atom. The number of rotatable bonds is 10. The third-order valence-electron chi connectivity index (χ3n) is 6.34. The molecule has 3 rings (SSSR count). The third-order valence-corrected chi connectivity index (χ3v) is 7.33. The largest absolute Gasteiger partial charge is 0.491 e. The Balaban J connectivity index is 1.76. The van der Waals surface area contributed by atoms with Crippen molar-refractivity contribution in [3.8, 4) is 5.75 Å². The van der Waals surface area contributed by atoms with E-state index in [4.69, 9.17) is 9.47 Å². The number of ether oxygens (including phenoxy) is 2. The highest BCUT2D eigenvalue weighted by Gasteiger charge is 2.35. The summed E-state index contributed by atoms with van der Waals surface area (Å²) in [5.41, 5.74) is 1.44. The van der Waals surface area contributed by atoms with Gasteiger partial charge in [-0.25, -0.2) is 0 Å². The zero-order chi connectivity index (χ0) is 23.3. The number of benzene rings is 1. The third kappa shape index (κ3) is 6.10. The molecule has 0 fully saturated rings. The molecule has 0 saturated carbocycles. The van der Waals surface area contributed by atoms with Crippen LogP contribution in [0.1, 0.15) is 42.8 Å². The minimum absolute atomic E-state index is 0.0477. The van der Waals surface area contributed by atoms with E-state index in [0.29, 0.717) is 26.3 Å². The van der Waals surface area contributed by atoms with Crippen molar-refractivity contribution in [1.82, 2.24) is 9.80 Å². The van der Waals surface area contributed by atoms with E-state index in [-0.39, 0.29) is 24.5 Å². The number of fused-ring (bicyclic) bond motifs is 1. The molecule has 176 valence electrons. The normalized spacial score (nSPS) is 17.3. The first-order valence-electron chi connectivity index (χ1n) is 11.2. The van der Waals surface area contributed by atoms with Crippen molar-refractivity contribution in [2.45, 2.75) is 51.8 Å². The van der Waals surface area contributed by atoms with E-state index in [1.165, 1.54) is 16.0 Å². The molecule has 0 bridgehead atoms. The summed E-state index contributed by atoms with van der Waals surface area (Å²) >= 11 is 1.75. The summed E-state index contributed by atoms with van der Waals surface area (Å²) in [5.74, 6) is 0.856. The van der Waals surface area contributed by atoms with Crippen LogP contribution in [0.25, 0.3) is 0 Å². The fourth-order valence-corrected chi connectivity index (χ4v) is 4.94. The lowest BCUT2D eigenvalue weighted by Gasteiger charge is -2.40. The molecule has 1 aromatic heterocycles. The predicted octanol–water partition coefficient (Wildman–Crippen LogP) is 3.67. The standard InChI is InChI=1S/C25H36N2O4S/c1-18-6-8-20(9-7-18)31-17-22-21-11-15-32-23(21)10-12-27(22)24(28)16-26(13-14-30-5)19(2)25(3,4)29/h6-9,11,15,19,22,29H,10,12-14,16-17H2,1-5H3. The Hall–Kier alpha value is -1.93. The first kappa shape index (κ1) is 24.7. The number of nitrogens with zero attached hydrogens (tertiary/aromatic N) is 2. The zero-order valence-corrected chi connectivity index (χ0v) is 20.7. The van der Waals surface area contributed by atoms with Gasteiger partial charge in [0.05, 0.1) is 24.8 Å². The lowest BCUT2D eigenvalue weighted by Crippen LogP contribution is -2.53. The van der Waals surface area contributed by atoms with Gasteiger partial charge in [0.2, 0.25) is 5.91 Å². The Labute approximate surface area is 195 Å². The fourth-order valence-electron chi connectivity index (χ4n) is 4.01. The summed E-state index contributed by atoms with van der Waals surface area (Å²) in [4.78, 5) is 18.8. The van der Waals surface area contributed by atoms with Gasteiger partial charge >= 0.3 is 0 Å². The maximum Gasteiger partial charge on any atom is 0.237 e. The lowest BCUT2D eigenvalue weighted by atomic mass is 9.98. The Morgan fingerprint density at radius 3 is 2.69 bits per heavy atom. The first-order chi connectivity index (χ1) is 15.2. The van der Waals surface area contributed by atoms with Gasteiger partial charge in [0.1, 0.15) is 12.4 Å². The fraction of sp³-hybridized carbons (Fsp3) is 0.560. The molecule has 32 heavy (non-hydrogen) atoms. The highest BCUT2D eigenvalue weighted by atomic mass is 32.1. The summed E-state index contributed by atoms with van der Waals surface area (Å²) in [5, 5.41) is 12.6. The van der Waals surface area contributed by atoms with Crippen molar-refractivity contribution in [1.29, 1.82) is 0 Å². The molecule has 1 aromatic carbocycles. The molecule has 2 atom stereocenters. The molecular formula is C25H36N2O4S. The van der Waals surface area contributed by atoms with Crippen LogP contribution in [0, 0.1) is 6.92 Å². The average molecular weight is 461 g/mol. The summed E-state index contributed by atoms with van der Waals surface area (Å²) in [6.45, 7) is 9.95. The molecule has 1 aliphatic rings. The molecule has 1 N–H and O–H groups in total. The average Bonchev–Trinajstić information content (AvgIpc) is 3.24. The van der Waals surface area contributed by atoms with E-state index < -0.39 is 5.60 Å². The summed E-state index contributed by atoms with van der Waals surface area (Å²) in [6, 6.07) is 9.80. The van der Waals surface area contributed by atoms with Gasteiger partial charge in [-0.2, -0.15) is 0 Å². The van der Waals surface area contributed by atoms with Crippen molar-refractivity contribution in [3.63, 3.8) is 0 Å². The van der Waals surface area contributed by atoms with Gasteiger partial charge in [0.25, 0.3) is 0 Å². The second-order valence-electron chi connectivity index (χ2n) is 9.07. The first-order valence-corrected chi connectivity index (χ1v) is 12.1. The predicted molar refractivity (Wildman–Crippen MR) is 128 cm³/mol. The van der Waals surface area contributed by atoms with E-state index in [1.807, 2.05) is 47.9 Å². The number of carbonyl (C=O) groups excluding carboxylic acids is 1. The van der Waals surface area contributed by atoms with Crippen LogP contribution in [0.15, 0.2) is 35.7 Å². The number of methoxy groups -OCH3 is 1.